The molecule has 0 aliphatic carbocycles. The second-order valence-corrected chi connectivity index (χ2v) is 3.93. The van der Waals surface area contributed by atoms with Crippen molar-refractivity contribution in [2.75, 3.05) is 19.6 Å². The molecule has 2 heterocycles. The first-order chi connectivity index (χ1) is 7.16. The molecular formula is C10H15N3O2. The van der Waals surface area contributed by atoms with Crippen molar-refractivity contribution in [1.82, 2.24) is 15.4 Å². The summed E-state index contributed by atoms with van der Waals surface area (Å²) < 4.78 is 4.89. The summed E-state index contributed by atoms with van der Waals surface area (Å²) in [6.07, 6.45) is 0. The van der Waals surface area contributed by atoms with Crippen LogP contribution < -0.4 is 5.32 Å². The molecule has 1 aromatic rings. The van der Waals surface area contributed by atoms with Gasteiger partial charge in [-0.2, -0.15) is 0 Å². The molecule has 1 aliphatic rings. The third-order valence-electron chi connectivity index (χ3n) is 2.50. The SMILES string of the molecule is Cc1cc(C(=O)N2CCN[C@H](C)C2)no1. The second-order valence-electron chi connectivity index (χ2n) is 3.93. The van der Waals surface area contributed by atoms with Crippen molar-refractivity contribution in [3.8, 4) is 0 Å². The molecule has 0 saturated carbocycles. The van der Waals surface area contributed by atoms with Gasteiger partial charge in [0.2, 0.25) is 0 Å². The van der Waals surface area contributed by atoms with Crippen LogP contribution in [0, 0.1) is 6.92 Å². The van der Waals surface area contributed by atoms with Gasteiger partial charge in [0.1, 0.15) is 5.76 Å². The Kier molecular flexibility index (Phi) is 2.73. The Morgan fingerprint density at radius 3 is 3.13 bits per heavy atom. The van der Waals surface area contributed by atoms with Crippen LogP contribution in [0.4, 0.5) is 0 Å². The highest BCUT2D eigenvalue weighted by molar-refractivity contribution is 5.92. The Labute approximate surface area is 88.4 Å². The first kappa shape index (κ1) is 10.2. The minimum Gasteiger partial charge on any atom is -0.361 e. The zero-order valence-corrected chi connectivity index (χ0v) is 8.99. The van der Waals surface area contributed by atoms with Crippen molar-refractivity contribution in [3.63, 3.8) is 0 Å². The maximum atomic E-state index is 11.9. The largest absolute Gasteiger partial charge is 0.361 e. The van der Waals surface area contributed by atoms with Gasteiger partial charge in [-0.3, -0.25) is 4.79 Å². The van der Waals surface area contributed by atoms with Crippen molar-refractivity contribution < 1.29 is 9.32 Å². The first-order valence-electron chi connectivity index (χ1n) is 5.13. The average molecular weight is 209 g/mol. The fourth-order valence-electron chi connectivity index (χ4n) is 1.75. The van der Waals surface area contributed by atoms with Crippen LogP contribution in [0.3, 0.4) is 0 Å². The molecule has 1 amide bonds. The van der Waals surface area contributed by atoms with Gasteiger partial charge in [0, 0.05) is 31.7 Å². The molecule has 15 heavy (non-hydrogen) atoms. The number of carbonyl (C=O) groups is 1. The topological polar surface area (TPSA) is 58.4 Å². The maximum absolute atomic E-state index is 11.9. The molecule has 5 heteroatoms. The van der Waals surface area contributed by atoms with E-state index in [1.165, 1.54) is 0 Å². The lowest BCUT2D eigenvalue weighted by Crippen LogP contribution is -2.51. The van der Waals surface area contributed by atoms with Crippen molar-refractivity contribution in [1.29, 1.82) is 0 Å². The van der Waals surface area contributed by atoms with Crippen molar-refractivity contribution in [2.24, 2.45) is 0 Å². The number of piperazine rings is 1. The molecule has 0 unspecified atom stereocenters. The van der Waals surface area contributed by atoms with Gasteiger partial charge in [-0.05, 0) is 13.8 Å². The quantitative estimate of drug-likeness (QED) is 0.728. The number of nitrogens with zero attached hydrogens (tertiary/aromatic N) is 2. The molecule has 5 nitrogen and oxygen atoms in total. The zero-order valence-electron chi connectivity index (χ0n) is 8.99. The van der Waals surface area contributed by atoms with Gasteiger partial charge >= 0.3 is 0 Å². The van der Waals surface area contributed by atoms with Crippen LogP contribution in [0.25, 0.3) is 0 Å². The van der Waals surface area contributed by atoms with Crippen LogP contribution in [0.15, 0.2) is 10.6 Å². The van der Waals surface area contributed by atoms with E-state index in [9.17, 15) is 4.79 Å². The molecule has 0 spiro atoms. The predicted octanol–water partition coefficient (Wildman–Crippen LogP) is 0.417. The molecule has 0 bridgehead atoms. The molecular weight excluding hydrogens is 194 g/mol. The standard InChI is InChI=1S/C10H15N3O2/c1-7-6-13(4-3-11-7)10(14)9-5-8(2)15-12-9/h5,7,11H,3-4,6H2,1-2H3/t7-/m1/s1. The van der Waals surface area contributed by atoms with Crippen LogP contribution in [0.1, 0.15) is 23.2 Å². The normalized spacial score (nSPS) is 21.7. The van der Waals surface area contributed by atoms with Gasteiger partial charge in [0.05, 0.1) is 0 Å². The van der Waals surface area contributed by atoms with E-state index < -0.39 is 0 Å². The molecule has 1 saturated heterocycles. The molecule has 2 rings (SSSR count). The maximum Gasteiger partial charge on any atom is 0.276 e. The molecule has 1 aliphatic heterocycles. The summed E-state index contributed by atoms with van der Waals surface area (Å²) in [5.74, 6) is 0.627. The van der Waals surface area contributed by atoms with Crippen molar-refractivity contribution in [2.45, 2.75) is 19.9 Å². The van der Waals surface area contributed by atoms with Gasteiger partial charge in [0.25, 0.3) is 5.91 Å². The van der Waals surface area contributed by atoms with Gasteiger partial charge in [-0.1, -0.05) is 5.16 Å². The summed E-state index contributed by atoms with van der Waals surface area (Å²) in [4.78, 5) is 13.7. The lowest BCUT2D eigenvalue weighted by molar-refractivity contribution is 0.0698. The van der Waals surface area contributed by atoms with E-state index in [2.05, 4.69) is 17.4 Å². The monoisotopic (exact) mass is 209 g/mol. The number of aromatic nitrogens is 1. The number of nitrogens with one attached hydrogen (secondary N) is 1. The van der Waals surface area contributed by atoms with Crippen LogP contribution in [-0.2, 0) is 0 Å². The van der Waals surface area contributed by atoms with E-state index in [1.807, 2.05) is 0 Å². The van der Waals surface area contributed by atoms with E-state index in [-0.39, 0.29) is 5.91 Å². The molecule has 1 aromatic heterocycles. The van der Waals surface area contributed by atoms with E-state index in [4.69, 9.17) is 4.52 Å². The molecule has 1 fully saturated rings. The summed E-state index contributed by atoms with van der Waals surface area (Å²) in [5.41, 5.74) is 0.404. The summed E-state index contributed by atoms with van der Waals surface area (Å²) >= 11 is 0. The van der Waals surface area contributed by atoms with Crippen molar-refractivity contribution in [3.05, 3.63) is 17.5 Å². The Bertz CT molecular complexity index is 361. The third kappa shape index (κ3) is 2.18. The number of carbonyl (C=O) groups excluding carboxylic acids is 1. The highest BCUT2D eigenvalue weighted by Crippen LogP contribution is 2.08. The second kappa shape index (κ2) is 4.02. The number of rotatable bonds is 1. The fraction of sp³-hybridized carbons (Fsp3) is 0.600. The van der Waals surface area contributed by atoms with Gasteiger partial charge in [0.15, 0.2) is 5.69 Å². The Hall–Kier alpha value is -1.36. The molecule has 1 N–H and O–H groups in total. The molecule has 82 valence electrons. The highest BCUT2D eigenvalue weighted by atomic mass is 16.5. The first-order valence-corrected chi connectivity index (χ1v) is 5.13. The van der Waals surface area contributed by atoms with Crippen LogP contribution >= 0.6 is 0 Å². The molecule has 0 aromatic carbocycles. The number of amides is 1. The number of aryl methyl sites for hydroxylation is 1. The lowest BCUT2D eigenvalue weighted by atomic mass is 10.2. The smallest absolute Gasteiger partial charge is 0.276 e. The Balaban J connectivity index is 2.07. The minimum atomic E-state index is -0.0415. The Morgan fingerprint density at radius 1 is 1.73 bits per heavy atom. The summed E-state index contributed by atoms with van der Waals surface area (Å²) in [5, 5.41) is 7.02. The predicted molar refractivity (Wildman–Crippen MR) is 54.6 cm³/mol. The fourth-order valence-corrected chi connectivity index (χ4v) is 1.75. The van der Waals surface area contributed by atoms with Crippen molar-refractivity contribution >= 4 is 5.91 Å². The number of hydrogen-bond acceptors (Lipinski definition) is 4. The van der Waals surface area contributed by atoms with Crippen LogP contribution in [0.2, 0.25) is 0 Å². The van der Waals surface area contributed by atoms with E-state index in [1.54, 1.807) is 17.9 Å². The summed E-state index contributed by atoms with van der Waals surface area (Å²) in [6, 6.07) is 2.02. The highest BCUT2D eigenvalue weighted by Gasteiger charge is 2.23. The average Bonchev–Trinajstić information content (AvgIpc) is 2.64. The van der Waals surface area contributed by atoms with Crippen LogP contribution in [-0.4, -0.2) is 41.6 Å². The van der Waals surface area contributed by atoms with Gasteiger partial charge < -0.3 is 14.7 Å². The van der Waals surface area contributed by atoms with Gasteiger partial charge in [-0.15, -0.1) is 0 Å². The molecule has 1 atom stereocenters. The Morgan fingerprint density at radius 2 is 2.53 bits per heavy atom. The van der Waals surface area contributed by atoms with Crippen LogP contribution in [0.5, 0.6) is 0 Å². The van der Waals surface area contributed by atoms with E-state index in [0.29, 0.717) is 17.5 Å². The zero-order chi connectivity index (χ0) is 10.8. The van der Waals surface area contributed by atoms with E-state index in [0.717, 1.165) is 19.6 Å². The minimum absolute atomic E-state index is 0.0415. The van der Waals surface area contributed by atoms with Gasteiger partial charge in [-0.25, -0.2) is 0 Å². The lowest BCUT2D eigenvalue weighted by Gasteiger charge is -2.31. The number of hydrogen-bond donors (Lipinski definition) is 1. The summed E-state index contributed by atoms with van der Waals surface area (Å²) in [7, 11) is 0. The third-order valence-corrected chi connectivity index (χ3v) is 2.50. The summed E-state index contributed by atoms with van der Waals surface area (Å²) in [6.45, 7) is 6.14. The van der Waals surface area contributed by atoms with E-state index >= 15 is 0 Å². The molecule has 0 radical (unpaired) electrons.